The quantitative estimate of drug-likeness (QED) is 0.762. The van der Waals surface area contributed by atoms with Crippen molar-refractivity contribution in [2.75, 3.05) is 25.4 Å². The summed E-state index contributed by atoms with van der Waals surface area (Å²) in [5, 5.41) is 0. The number of nitrogens with zero attached hydrogens (tertiary/aromatic N) is 5. The van der Waals surface area contributed by atoms with Crippen LogP contribution in [0, 0.1) is 0 Å². The molecule has 1 fully saturated rings. The van der Waals surface area contributed by atoms with Gasteiger partial charge in [0.2, 0.25) is 5.91 Å². The minimum atomic E-state index is -0.338. The van der Waals surface area contributed by atoms with E-state index in [1.165, 1.54) is 0 Å². The number of para-hydroxylation sites is 2. The molecule has 0 bridgehead atoms. The molecule has 0 spiro atoms. The topological polar surface area (TPSA) is 99.2 Å². The number of hydrogen-bond acceptors (Lipinski definition) is 6. The van der Waals surface area contributed by atoms with Crippen molar-refractivity contribution in [3.63, 3.8) is 0 Å². The number of amides is 1. The van der Waals surface area contributed by atoms with Crippen LogP contribution in [0.5, 0.6) is 0 Å². The van der Waals surface area contributed by atoms with Crippen molar-refractivity contribution < 1.29 is 9.53 Å². The van der Waals surface area contributed by atoms with Crippen LogP contribution in [0.4, 0.5) is 5.82 Å². The molecule has 26 heavy (non-hydrogen) atoms. The number of benzene rings is 1. The van der Waals surface area contributed by atoms with Gasteiger partial charge in [0.05, 0.1) is 30.5 Å². The number of morpholine rings is 1. The van der Waals surface area contributed by atoms with Crippen LogP contribution in [-0.4, -0.2) is 50.0 Å². The Kier molecular flexibility index (Phi) is 4.49. The molecule has 1 aromatic carbocycles. The van der Waals surface area contributed by atoms with Gasteiger partial charge >= 0.3 is 0 Å². The predicted octanol–water partition coefficient (Wildman–Crippen LogP) is 1.40. The molecule has 1 aliphatic rings. The number of ether oxygens (including phenoxy) is 1. The number of carbonyl (C=O) groups excluding carboxylic acids is 1. The lowest BCUT2D eigenvalue weighted by Crippen LogP contribution is -2.42. The molecule has 4 rings (SSSR count). The van der Waals surface area contributed by atoms with Crippen molar-refractivity contribution in [1.29, 1.82) is 0 Å². The Morgan fingerprint density at radius 3 is 2.96 bits per heavy atom. The first-order valence-corrected chi connectivity index (χ1v) is 8.58. The first-order chi connectivity index (χ1) is 12.7. The van der Waals surface area contributed by atoms with Gasteiger partial charge in [-0.1, -0.05) is 12.1 Å². The molecule has 1 saturated heterocycles. The summed E-state index contributed by atoms with van der Waals surface area (Å²) < 4.78 is 7.75. The molecule has 3 heterocycles. The van der Waals surface area contributed by atoms with Crippen molar-refractivity contribution in [2.24, 2.45) is 0 Å². The van der Waals surface area contributed by atoms with Gasteiger partial charge < -0.3 is 19.9 Å². The Labute approximate surface area is 150 Å². The highest BCUT2D eigenvalue weighted by Crippen LogP contribution is 2.24. The van der Waals surface area contributed by atoms with Gasteiger partial charge in [-0.05, 0) is 12.1 Å². The van der Waals surface area contributed by atoms with Crippen molar-refractivity contribution in [3.05, 3.63) is 48.7 Å². The third kappa shape index (κ3) is 3.23. The van der Waals surface area contributed by atoms with E-state index >= 15 is 0 Å². The zero-order valence-electron chi connectivity index (χ0n) is 14.3. The highest BCUT2D eigenvalue weighted by molar-refractivity contribution is 5.77. The molecule has 8 heteroatoms. The molecule has 3 aromatic rings. The van der Waals surface area contributed by atoms with Crippen LogP contribution < -0.4 is 5.73 Å². The average Bonchev–Trinajstić information content (AvgIpc) is 3.10. The fraction of sp³-hybridized carbons (Fsp3) is 0.333. The Balaban J connectivity index is 1.41. The van der Waals surface area contributed by atoms with Crippen LogP contribution in [0.2, 0.25) is 0 Å². The van der Waals surface area contributed by atoms with Gasteiger partial charge in [-0.2, -0.15) is 0 Å². The largest absolute Gasteiger partial charge is 0.382 e. The summed E-state index contributed by atoms with van der Waals surface area (Å²) in [5.41, 5.74) is 8.44. The van der Waals surface area contributed by atoms with E-state index in [0.29, 0.717) is 44.2 Å². The van der Waals surface area contributed by atoms with Gasteiger partial charge in [-0.25, -0.2) is 9.97 Å². The number of anilines is 1. The SMILES string of the molecule is Nc1nccnc1[C@H]1CN(C(=O)CCn2cnc3ccccc32)CCO1. The number of carbonyl (C=O) groups is 1. The molecule has 0 radical (unpaired) electrons. The molecule has 2 N–H and O–H groups in total. The van der Waals surface area contributed by atoms with E-state index in [4.69, 9.17) is 10.5 Å². The number of aromatic nitrogens is 4. The predicted molar refractivity (Wildman–Crippen MR) is 96.1 cm³/mol. The molecule has 1 aliphatic heterocycles. The van der Waals surface area contributed by atoms with Gasteiger partial charge in [0.15, 0.2) is 0 Å². The second-order valence-electron chi connectivity index (χ2n) is 6.20. The smallest absolute Gasteiger partial charge is 0.224 e. The zero-order valence-corrected chi connectivity index (χ0v) is 14.3. The molecule has 2 aromatic heterocycles. The van der Waals surface area contributed by atoms with Gasteiger partial charge in [0.1, 0.15) is 17.6 Å². The third-order valence-electron chi connectivity index (χ3n) is 4.57. The van der Waals surface area contributed by atoms with Gasteiger partial charge in [-0.15, -0.1) is 0 Å². The maximum absolute atomic E-state index is 12.7. The number of nitrogen functional groups attached to an aromatic ring is 1. The number of fused-ring (bicyclic) bond motifs is 1. The molecule has 134 valence electrons. The molecule has 0 saturated carbocycles. The molecule has 8 nitrogen and oxygen atoms in total. The number of rotatable bonds is 4. The minimum absolute atomic E-state index is 0.0820. The summed E-state index contributed by atoms with van der Waals surface area (Å²) in [6.07, 6.45) is 4.97. The van der Waals surface area contributed by atoms with Crippen LogP contribution in [0.3, 0.4) is 0 Å². The number of nitrogens with two attached hydrogens (primary N) is 1. The number of hydrogen-bond donors (Lipinski definition) is 1. The van der Waals surface area contributed by atoms with Crippen molar-refractivity contribution in [3.8, 4) is 0 Å². The van der Waals surface area contributed by atoms with E-state index in [1.807, 2.05) is 28.8 Å². The van der Waals surface area contributed by atoms with E-state index in [-0.39, 0.29) is 12.0 Å². The normalized spacial score (nSPS) is 17.5. The van der Waals surface area contributed by atoms with Crippen LogP contribution in [0.15, 0.2) is 43.0 Å². The monoisotopic (exact) mass is 352 g/mol. The molecule has 0 unspecified atom stereocenters. The van der Waals surface area contributed by atoms with Crippen molar-refractivity contribution in [1.82, 2.24) is 24.4 Å². The van der Waals surface area contributed by atoms with Crippen molar-refractivity contribution in [2.45, 2.75) is 19.1 Å². The average molecular weight is 352 g/mol. The molecular weight excluding hydrogens is 332 g/mol. The van der Waals surface area contributed by atoms with E-state index in [9.17, 15) is 4.79 Å². The van der Waals surface area contributed by atoms with E-state index in [2.05, 4.69) is 15.0 Å². The minimum Gasteiger partial charge on any atom is -0.382 e. The highest BCUT2D eigenvalue weighted by atomic mass is 16.5. The van der Waals surface area contributed by atoms with E-state index < -0.39 is 0 Å². The summed E-state index contributed by atoms with van der Waals surface area (Å²) in [5.74, 6) is 0.426. The van der Waals surface area contributed by atoms with E-state index in [0.717, 1.165) is 11.0 Å². The molecule has 0 aliphatic carbocycles. The zero-order chi connectivity index (χ0) is 17.9. The molecule has 1 atom stereocenters. The second kappa shape index (κ2) is 7.09. The lowest BCUT2D eigenvalue weighted by Gasteiger charge is -2.33. The van der Waals surface area contributed by atoms with Crippen molar-refractivity contribution >= 4 is 22.8 Å². The molecular formula is C18H20N6O2. The van der Waals surface area contributed by atoms with E-state index in [1.54, 1.807) is 23.6 Å². The first kappa shape index (κ1) is 16.5. The van der Waals surface area contributed by atoms with Crippen LogP contribution in [0.1, 0.15) is 18.2 Å². The lowest BCUT2D eigenvalue weighted by atomic mass is 10.2. The Morgan fingerprint density at radius 1 is 1.23 bits per heavy atom. The summed E-state index contributed by atoms with van der Waals surface area (Å²) in [4.78, 5) is 27.1. The van der Waals surface area contributed by atoms with Crippen LogP contribution in [-0.2, 0) is 16.1 Å². The van der Waals surface area contributed by atoms with Gasteiger partial charge in [-0.3, -0.25) is 9.78 Å². The van der Waals surface area contributed by atoms with Crippen LogP contribution in [0.25, 0.3) is 11.0 Å². The third-order valence-corrected chi connectivity index (χ3v) is 4.57. The number of aryl methyl sites for hydroxylation is 1. The van der Waals surface area contributed by atoms with Gasteiger partial charge in [0, 0.05) is 31.9 Å². The standard InChI is InChI=1S/C18H20N6O2/c19-18-17(20-6-7-21-18)15-11-23(9-10-26-15)16(25)5-8-24-12-22-13-3-1-2-4-14(13)24/h1-4,6-7,12,15H,5,8-11H2,(H2,19,21)/t15-/m1/s1. The first-order valence-electron chi connectivity index (χ1n) is 8.58. The summed E-state index contributed by atoms with van der Waals surface area (Å²) in [6.45, 7) is 2.06. The Hall–Kier alpha value is -3.00. The van der Waals surface area contributed by atoms with Crippen LogP contribution >= 0.6 is 0 Å². The summed E-state index contributed by atoms with van der Waals surface area (Å²) in [7, 11) is 0. The van der Waals surface area contributed by atoms with Gasteiger partial charge in [0.25, 0.3) is 0 Å². The fourth-order valence-corrected chi connectivity index (χ4v) is 3.21. The second-order valence-corrected chi connectivity index (χ2v) is 6.20. The Bertz CT molecular complexity index is 925. The Morgan fingerprint density at radius 2 is 2.08 bits per heavy atom. The summed E-state index contributed by atoms with van der Waals surface area (Å²) in [6, 6.07) is 7.90. The maximum atomic E-state index is 12.7. The number of imidazole rings is 1. The molecule has 1 amide bonds. The fourth-order valence-electron chi connectivity index (χ4n) is 3.21. The summed E-state index contributed by atoms with van der Waals surface area (Å²) >= 11 is 0. The maximum Gasteiger partial charge on any atom is 0.224 e. The highest BCUT2D eigenvalue weighted by Gasteiger charge is 2.27. The lowest BCUT2D eigenvalue weighted by molar-refractivity contribution is -0.139.